The van der Waals surface area contributed by atoms with E-state index in [1.54, 1.807) is 0 Å². The molecule has 0 amide bonds. The lowest BCUT2D eigenvalue weighted by molar-refractivity contribution is -0.385. The van der Waals surface area contributed by atoms with Crippen molar-refractivity contribution >= 4 is 23.4 Å². The molecule has 1 aromatic carbocycles. The van der Waals surface area contributed by atoms with Crippen LogP contribution in [0.5, 0.6) is 0 Å². The van der Waals surface area contributed by atoms with Crippen LogP contribution in [0.25, 0.3) is 0 Å². The normalized spacial score (nSPS) is 10.2. The van der Waals surface area contributed by atoms with Gasteiger partial charge in [0, 0.05) is 11.6 Å². The average molecular weight is 267 g/mol. The van der Waals surface area contributed by atoms with Gasteiger partial charge < -0.3 is 10.2 Å². The first-order valence-electron chi connectivity index (χ1n) is 5.00. The number of aliphatic carboxylic acids is 2. The number of hydrogen-bond donors (Lipinski definition) is 2. The molecular weight excluding hydrogens is 258 g/mol. The summed E-state index contributed by atoms with van der Waals surface area (Å²) in [6.45, 7) is 1.19. The summed E-state index contributed by atoms with van der Waals surface area (Å²) in [6.07, 6.45) is 0. The molecule has 19 heavy (non-hydrogen) atoms. The molecule has 0 aliphatic carbocycles. The number of Topliss-reactive ketones (excluding diaryl/α,β-unsaturated/α-hetero) is 1. The lowest BCUT2D eigenvalue weighted by Gasteiger charge is -2.09. The summed E-state index contributed by atoms with van der Waals surface area (Å²) in [5.41, 5.74) is -1.18. The highest BCUT2D eigenvalue weighted by atomic mass is 16.6. The van der Waals surface area contributed by atoms with Gasteiger partial charge in [0.15, 0.2) is 11.7 Å². The summed E-state index contributed by atoms with van der Waals surface area (Å²) in [4.78, 5) is 42.8. The number of benzene rings is 1. The van der Waals surface area contributed by atoms with E-state index in [1.165, 1.54) is 6.92 Å². The first-order chi connectivity index (χ1) is 8.75. The quantitative estimate of drug-likeness (QED) is 0.352. The Hall–Kier alpha value is -2.77. The Labute approximate surface area is 106 Å². The summed E-state index contributed by atoms with van der Waals surface area (Å²) < 4.78 is 0. The third-order valence-electron chi connectivity index (χ3n) is 2.44. The predicted octanol–water partition coefficient (Wildman–Crippen LogP) is 1.05. The molecule has 0 spiro atoms. The largest absolute Gasteiger partial charge is 0.480 e. The fourth-order valence-electron chi connectivity index (χ4n) is 1.54. The minimum Gasteiger partial charge on any atom is -0.480 e. The zero-order valence-corrected chi connectivity index (χ0v) is 9.69. The summed E-state index contributed by atoms with van der Waals surface area (Å²) in [6, 6.07) is 3.00. The number of rotatable bonds is 5. The molecule has 0 atom stereocenters. The Bertz CT molecular complexity index is 564. The van der Waals surface area contributed by atoms with Crippen LogP contribution >= 0.6 is 0 Å². The van der Waals surface area contributed by atoms with Gasteiger partial charge in [-0.05, 0) is 13.0 Å². The molecular formula is C11H9NO7. The molecule has 100 valence electrons. The van der Waals surface area contributed by atoms with Crippen molar-refractivity contribution in [3.8, 4) is 0 Å². The zero-order valence-electron chi connectivity index (χ0n) is 9.69. The van der Waals surface area contributed by atoms with Crippen LogP contribution < -0.4 is 0 Å². The first kappa shape index (κ1) is 14.3. The first-order valence-corrected chi connectivity index (χ1v) is 5.00. The van der Waals surface area contributed by atoms with Gasteiger partial charge in [-0.2, -0.15) is 0 Å². The fourth-order valence-corrected chi connectivity index (χ4v) is 1.54. The zero-order chi connectivity index (χ0) is 14.7. The fraction of sp³-hybridized carbons (Fsp3) is 0.182. The minimum atomic E-state index is -2.05. The Morgan fingerprint density at radius 1 is 1.21 bits per heavy atom. The van der Waals surface area contributed by atoms with Crippen molar-refractivity contribution in [2.24, 2.45) is 0 Å². The van der Waals surface area contributed by atoms with Gasteiger partial charge in [-0.15, -0.1) is 0 Å². The molecule has 8 heteroatoms. The maximum Gasteiger partial charge on any atom is 0.322 e. The monoisotopic (exact) mass is 267 g/mol. The van der Waals surface area contributed by atoms with Crippen molar-refractivity contribution in [3.63, 3.8) is 0 Å². The second kappa shape index (κ2) is 5.25. The molecule has 0 saturated carbocycles. The van der Waals surface area contributed by atoms with E-state index in [-0.39, 0.29) is 5.56 Å². The molecule has 0 unspecified atom stereocenters. The number of nitro groups is 1. The molecule has 0 fully saturated rings. The summed E-state index contributed by atoms with van der Waals surface area (Å²) in [7, 11) is 0. The second-order valence-electron chi connectivity index (χ2n) is 3.70. The van der Waals surface area contributed by atoms with Crippen molar-refractivity contribution in [2.75, 3.05) is 0 Å². The topological polar surface area (TPSA) is 135 Å². The van der Waals surface area contributed by atoms with Crippen molar-refractivity contribution in [1.82, 2.24) is 0 Å². The van der Waals surface area contributed by atoms with Gasteiger partial charge in [0.1, 0.15) is 0 Å². The maximum atomic E-state index is 11.1. The number of carbonyl (C=O) groups is 3. The van der Waals surface area contributed by atoms with Crippen LogP contribution in [0.4, 0.5) is 5.69 Å². The smallest absolute Gasteiger partial charge is 0.322 e. The number of ketones is 1. The van der Waals surface area contributed by atoms with Crippen LogP contribution in [0.3, 0.4) is 0 Å². The van der Waals surface area contributed by atoms with Crippen LogP contribution in [0.15, 0.2) is 18.2 Å². The summed E-state index contributed by atoms with van der Waals surface area (Å²) >= 11 is 0. The van der Waals surface area contributed by atoms with E-state index in [4.69, 9.17) is 10.2 Å². The third kappa shape index (κ3) is 2.92. The minimum absolute atomic E-state index is 0.00461. The number of carboxylic acid groups (broad SMARTS) is 2. The second-order valence-corrected chi connectivity index (χ2v) is 3.70. The molecule has 8 nitrogen and oxygen atoms in total. The van der Waals surface area contributed by atoms with Crippen LogP contribution in [0.1, 0.15) is 28.8 Å². The lowest BCUT2D eigenvalue weighted by Crippen LogP contribution is -2.22. The van der Waals surface area contributed by atoms with Crippen LogP contribution in [-0.2, 0) is 9.59 Å². The summed E-state index contributed by atoms with van der Waals surface area (Å²) in [5.74, 6) is -5.93. The van der Waals surface area contributed by atoms with E-state index in [0.717, 1.165) is 18.2 Å². The molecule has 1 rings (SSSR count). The van der Waals surface area contributed by atoms with Crippen molar-refractivity contribution in [3.05, 3.63) is 39.4 Å². The molecule has 0 radical (unpaired) electrons. The number of carboxylic acids is 2. The van der Waals surface area contributed by atoms with E-state index < -0.39 is 39.8 Å². The van der Waals surface area contributed by atoms with E-state index in [0.29, 0.717) is 0 Å². The predicted molar refractivity (Wildman–Crippen MR) is 61.1 cm³/mol. The van der Waals surface area contributed by atoms with E-state index in [2.05, 4.69) is 0 Å². The molecule has 0 saturated heterocycles. The van der Waals surface area contributed by atoms with Gasteiger partial charge in [0.25, 0.3) is 5.69 Å². The number of hydrogen-bond acceptors (Lipinski definition) is 5. The van der Waals surface area contributed by atoms with Gasteiger partial charge in [-0.1, -0.05) is 6.07 Å². The Kier molecular flexibility index (Phi) is 3.95. The van der Waals surface area contributed by atoms with E-state index in [1.807, 2.05) is 0 Å². The van der Waals surface area contributed by atoms with Crippen LogP contribution in [0, 0.1) is 10.1 Å². The van der Waals surface area contributed by atoms with Crippen molar-refractivity contribution in [2.45, 2.75) is 12.8 Å². The Morgan fingerprint density at radius 3 is 2.11 bits per heavy atom. The molecule has 0 aliphatic rings. The van der Waals surface area contributed by atoms with Crippen LogP contribution in [-0.4, -0.2) is 32.9 Å². The van der Waals surface area contributed by atoms with Crippen molar-refractivity contribution in [1.29, 1.82) is 0 Å². The molecule has 1 aromatic rings. The molecule has 0 aliphatic heterocycles. The van der Waals surface area contributed by atoms with Gasteiger partial charge in [-0.25, -0.2) is 0 Å². The maximum absolute atomic E-state index is 11.1. The van der Waals surface area contributed by atoms with Gasteiger partial charge in [-0.3, -0.25) is 24.5 Å². The van der Waals surface area contributed by atoms with Gasteiger partial charge >= 0.3 is 11.9 Å². The SMILES string of the molecule is CC(=O)c1ccc(C(C(=O)O)C(=O)O)c([N+](=O)[O-])c1. The summed E-state index contributed by atoms with van der Waals surface area (Å²) in [5, 5.41) is 28.5. The number of nitro benzene ring substituents is 1. The number of carbonyl (C=O) groups excluding carboxylic acids is 1. The van der Waals surface area contributed by atoms with E-state index in [9.17, 15) is 24.5 Å². The van der Waals surface area contributed by atoms with Gasteiger partial charge in [0.05, 0.1) is 10.5 Å². The van der Waals surface area contributed by atoms with Crippen LogP contribution in [0.2, 0.25) is 0 Å². The van der Waals surface area contributed by atoms with Gasteiger partial charge in [0.2, 0.25) is 0 Å². The Morgan fingerprint density at radius 2 is 1.74 bits per heavy atom. The highest BCUT2D eigenvalue weighted by molar-refractivity contribution is 6.01. The van der Waals surface area contributed by atoms with E-state index >= 15 is 0 Å². The van der Waals surface area contributed by atoms with Crippen molar-refractivity contribution < 1.29 is 29.5 Å². The standard InChI is InChI=1S/C11H9NO7/c1-5(13)6-2-3-7(8(4-6)12(18)19)9(10(14)15)11(16)17/h2-4,9H,1H3,(H,14,15)(H,16,17). The highest BCUT2D eigenvalue weighted by Gasteiger charge is 2.34. The highest BCUT2D eigenvalue weighted by Crippen LogP contribution is 2.28. The molecule has 0 bridgehead atoms. The average Bonchev–Trinajstić information content (AvgIpc) is 2.27. The Balaban J connectivity index is 3.50. The molecule has 0 heterocycles. The molecule has 0 aromatic heterocycles. The lowest BCUT2D eigenvalue weighted by atomic mass is 9.95. The third-order valence-corrected chi connectivity index (χ3v) is 2.44. The number of nitrogens with zero attached hydrogens (tertiary/aromatic N) is 1. The molecule has 2 N–H and O–H groups in total.